The molecular weight excluding hydrogens is 238 g/mol. The number of imidazole rings is 1. The number of fused-ring (bicyclic) bond motifs is 1. The van der Waals surface area contributed by atoms with Crippen LogP contribution in [0.15, 0.2) is 36.7 Å². The van der Waals surface area contributed by atoms with E-state index in [0.717, 1.165) is 44.8 Å². The standard InChI is InChI=1S/C15H19N3O/c1-2-5-13(6-3-1)19-10-4-9-18-12-17-14-11-16-8-7-15(14)18/h1-3,5-6,12,16H,4,7-11H2. The number of hydrogen-bond acceptors (Lipinski definition) is 3. The number of aromatic nitrogens is 2. The molecule has 2 heterocycles. The molecule has 1 N–H and O–H groups in total. The summed E-state index contributed by atoms with van der Waals surface area (Å²) in [5.41, 5.74) is 2.59. The molecular formula is C15H19N3O. The van der Waals surface area contributed by atoms with Gasteiger partial charge < -0.3 is 14.6 Å². The van der Waals surface area contributed by atoms with Crippen LogP contribution in [0.1, 0.15) is 17.8 Å². The highest BCUT2D eigenvalue weighted by molar-refractivity contribution is 5.20. The van der Waals surface area contributed by atoms with Crippen LogP contribution in [0.25, 0.3) is 0 Å². The van der Waals surface area contributed by atoms with Gasteiger partial charge in [-0.25, -0.2) is 4.98 Å². The number of rotatable bonds is 5. The van der Waals surface area contributed by atoms with Crippen molar-refractivity contribution in [3.05, 3.63) is 48.0 Å². The van der Waals surface area contributed by atoms with Crippen molar-refractivity contribution in [1.29, 1.82) is 0 Å². The number of nitrogens with one attached hydrogen (secondary N) is 1. The molecule has 1 aliphatic heterocycles. The molecule has 0 bridgehead atoms. The highest BCUT2D eigenvalue weighted by Gasteiger charge is 2.14. The molecule has 0 amide bonds. The van der Waals surface area contributed by atoms with Gasteiger partial charge >= 0.3 is 0 Å². The van der Waals surface area contributed by atoms with Gasteiger partial charge in [0.2, 0.25) is 0 Å². The smallest absolute Gasteiger partial charge is 0.119 e. The molecule has 0 saturated heterocycles. The summed E-state index contributed by atoms with van der Waals surface area (Å²) in [6.07, 6.45) is 4.04. The predicted octanol–water partition coefficient (Wildman–Crippen LogP) is 2.00. The summed E-state index contributed by atoms with van der Waals surface area (Å²) in [7, 11) is 0. The van der Waals surface area contributed by atoms with Crippen LogP contribution in [-0.2, 0) is 19.5 Å². The molecule has 4 nitrogen and oxygen atoms in total. The van der Waals surface area contributed by atoms with Gasteiger partial charge in [-0.2, -0.15) is 0 Å². The van der Waals surface area contributed by atoms with E-state index in [1.165, 1.54) is 11.4 Å². The van der Waals surface area contributed by atoms with E-state index in [9.17, 15) is 0 Å². The Morgan fingerprint density at radius 1 is 1.26 bits per heavy atom. The van der Waals surface area contributed by atoms with Crippen molar-refractivity contribution in [3.63, 3.8) is 0 Å². The summed E-state index contributed by atoms with van der Waals surface area (Å²) in [6.45, 7) is 3.69. The Morgan fingerprint density at radius 2 is 2.16 bits per heavy atom. The zero-order valence-corrected chi connectivity index (χ0v) is 11.0. The molecule has 0 aliphatic carbocycles. The Labute approximate surface area is 113 Å². The van der Waals surface area contributed by atoms with Gasteiger partial charge in [-0.05, 0) is 18.6 Å². The van der Waals surface area contributed by atoms with E-state index in [1.54, 1.807) is 0 Å². The maximum atomic E-state index is 5.70. The van der Waals surface area contributed by atoms with E-state index in [-0.39, 0.29) is 0 Å². The number of para-hydroxylation sites is 1. The maximum Gasteiger partial charge on any atom is 0.119 e. The van der Waals surface area contributed by atoms with Crippen LogP contribution in [0.5, 0.6) is 5.75 Å². The van der Waals surface area contributed by atoms with E-state index in [2.05, 4.69) is 14.9 Å². The van der Waals surface area contributed by atoms with Crippen LogP contribution in [0, 0.1) is 0 Å². The molecule has 0 fully saturated rings. The first-order valence-electron chi connectivity index (χ1n) is 6.85. The third-order valence-corrected chi connectivity index (χ3v) is 3.42. The summed E-state index contributed by atoms with van der Waals surface area (Å²) < 4.78 is 7.97. The molecule has 3 rings (SSSR count). The lowest BCUT2D eigenvalue weighted by molar-refractivity contribution is 0.301. The van der Waals surface area contributed by atoms with E-state index in [4.69, 9.17) is 4.74 Å². The summed E-state index contributed by atoms with van der Waals surface area (Å²) in [5, 5.41) is 3.34. The maximum absolute atomic E-state index is 5.70. The van der Waals surface area contributed by atoms with Crippen molar-refractivity contribution < 1.29 is 4.74 Å². The number of hydrogen-bond donors (Lipinski definition) is 1. The average Bonchev–Trinajstić information content (AvgIpc) is 2.88. The molecule has 0 spiro atoms. The van der Waals surface area contributed by atoms with Gasteiger partial charge in [0, 0.05) is 31.7 Å². The van der Waals surface area contributed by atoms with Gasteiger partial charge in [0.15, 0.2) is 0 Å². The summed E-state index contributed by atoms with van der Waals surface area (Å²) >= 11 is 0. The minimum atomic E-state index is 0.745. The SMILES string of the molecule is c1ccc(OCCCn2cnc3c2CCNC3)cc1. The molecule has 19 heavy (non-hydrogen) atoms. The van der Waals surface area contributed by atoms with Crippen LogP contribution < -0.4 is 10.1 Å². The number of benzene rings is 1. The first kappa shape index (κ1) is 12.2. The molecule has 1 aromatic heterocycles. The summed E-state index contributed by atoms with van der Waals surface area (Å²) in [4.78, 5) is 4.45. The number of aryl methyl sites for hydroxylation is 1. The second-order valence-electron chi connectivity index (χ2n) is 4.77. The third kappa shape index (κ3) is 2.96. The van der Waals surface area contributed by atoms with Gasteiger partial charge in [-0.3, -0.25) is 0 Å². The fraction of sp³-hybridized carbons (Fsp3) is 0.400. The Balaban J connectivity index is 1.49. The molecule has 0 atom stereocenters. The van der Waals surface area contributed by atoms with Crippen molar-refractivity contribution in [2.24, 2.45) is 0 Å². The largest absolute Gasteiger partial charge is 0.494 e. The van der Waals surface area contributed by atoms with E-state index in [1.807, 2.05) is 36.7 Å². The fourth-order valence-corrected chi connectivity index (χ4v) is 2.43. The monoisotopic (exact) mass is 257 g/mol. The van der Waals surface area contributed by atoms with Crippen molar-refractivity contribution in [2.45, 2.75) is 25.9 Å². The van der Waals surface area contributed by atoms with E-state index in [0.29, 0.717) is 0 Å². The first-order chi connectivity index (χ1) is 9.43. The predicted molar refractivity (Wildman–Crippen MR) is 74.2 cm³/mol. The minimum absolute atomic E-state index is 0.745. The lowest BCUT2D eigenvalue weighted by Crippen LogP contribution is -2.25. The minimum Gasteiger partial charge on any atom is -0.494 e. The lowest BCUT2D eigenvalue weighted by atomic mass is 10.2. The second kappa shape index (κ2) is 5.89. The highest BCUT2D eigenvalue weighted by Crippen LogP contribution is 2.13. The van der Waals surface area contributed by atoms with Crippen LogP contribution in [-0.4, -0.2) is 22.7 Å². The van der Waals surface area contributed by atoms with Crippen LogP contribution in [0.4, 0.5) is 0 Å². The molecule has 0 radical (unpaired) electrons. The van der Waals surface area contributed by atoms with E-state index < -0.39 is 0 Å². The molecule has 0 saturated carbocycles. The summed E-state index contributed by atoms with van der Waals surface area (Å²) in [6, 6.07) is 9.97. The summed E-state index contributed by atoms with van der Waals surface area (Å²) in [5.74, 6) is 0.944. The van der Waals surface area contributed by atoms with Crippen LogP contribution in [0.2, 0.25) is 0 Å². The third-order valence-electron chi connectivity index (χ3n) is 3.42. The Bertz CT molecular complexity index is 521. The highest BCUT2D eigenvalue weighted by atomic mass is 16.5. The van der Waals surface area contributed by atoms with Crippen LogP contribution in [0.3, 0.4) is 0 Å². The fourth-order valence-electron chi connectivity index (χ4n) is 2.43. The van der Waals surface area contributed by atoms with Crippen molar-refractivity contribution in [2.75, 3.05) is 13.2 Å². The molecule has 2 aromatic rings. The van der Waals surface area contributed by atoms with Crippen LogP contribution >= 0.6 is 0 Å². The van der Waals surface area contributed by atoms with Crippen molar-refractivity contribution in [3.8, 4) is 5.75 Å². The second-order valence-corrected chi connectivity index (χ2v) is 4.77. The van der Waals surface area contributed by atoms with Gasteiger partial charge in [0.05, 0.1) is 18.6 Å². The zero-order chi connectivity index (χ0) is 12.9. The molecule has 4 heteroatoms. The van der Waals surface area contributed by atoms with Crippen molar-refractivity contribution in [1.82, 2.24) is 14.9 Å². The topological polar surface area (TPSA) is 39.1 Å². The molecule has 0 unspecified atom stereocenters. The average molecular weight is 257 g/mol. The molecule has 100 valence electrons. The Morgan fingerprint density at radius 3 is 3.05 bits per heavy atom. The van der Waals surface area contributed by atoms with Gasteiger partial charge in [-0.1, -0.05) is 18.2 Å². The lowest BCUT2D eigenvalue weighted by Gasteiger charge is -2.15. The quantitative estimate of drug-likeness (QED) is 0.833. The zero-order valence-electron chi connectivity index (χ0n) is 11.0. The first-order valence-corrected chi connectivity index (χ1v) is 6.85. The normalized spacial score (nSPS) is 14.1. The number of ether oxygens (including phenoxy) is 1. The van der Waals surface area contributed by atoms with Gasteiger partial charge in [-0.15, -0.1) is 0 Å². The Kier molecular flexibility index (Phi) is 3.79. The van der Waals surface area contributed by atoms with Gasteiger partial charge in [0.25, 0.3) is 0 Å². The number of nitrogens with zero attached hydrogens (tertiary/aromatic N) is 2. The van der Waals surface area contributed by atoms with Gasteiger partial charge in [0.1, 0.15) is 5.75 Å². The molecule has 1 aromatic carbocycles. The Hall–Kier alpha value is -1.81. The van der Waals surface area contributed by atoms with E-state index >= 15 is 0 Å². The molecule has 1 aliphatic rings. The van der Waals surface area contributed by atoms with Crippen molar-refractivity contribution >= 4 is 0 Å².